The first-order valence-electron chi connectivity index (χ1n) is 4.90. The number of carboxylic acid groups (broad SMARTS) is 1. The molecule has 4 nitrogen and oxygen atoms in total. The van der Waals surface area contributed by atoms with Gasteiger partial charge in [-0.2, -0.15) is 0 Å². The number of carboxylic acids is 1. The zero-order valence-corrected chi connectivity index (χ0v) is 10.9. The number of hydrogen-bond acceptors (Lipinski definition) is 5. The lowest BCUT2D eigenvalue weighted by Gasteiger charge is -2.22. The maximum absolute atomic E-state index is 10.4. The summed E-state index contributed by atoms with van der Waals surface area (Å²) in [5.41, 5.74) is 5.37. The first-order valence-corrected chi connectivity index (χ1v) is 6.57. The molecule has 0 fully saturated rings. The van der Waals surface area contributed by atoms with E-state index in [1.165, 1.54) is 0 Å². The zero-order valence-electron chi connectivity index (χ0n) is 9.19. The second-order valence-corrected chi connectivity index (χ2v) is 5.98. The second-order valence-electron chi connectivity index (χ2n) is 3.55. The van der Waals surface area contributed by atoms with Gasteiger partial charge in [0, 0.05) is 0 Å². The van der Waals surface area contributed by atoms with Crippen LogP contribution in [0.2, 0.25) is 0 Å². The summed E-state index contributed by atoms with van der Waals surface area (Å²) in [5, 5.41) is 11.8. The molecule has 90 valence electrons. The third kappa shape index (κ3) is 7.96. The van der Waals surface area contributed by atoms with Crippen molar-refractivity contribution in [3.8, 4) is 0 Å². The van der Waals surface area contributed by atoms with E-state index < -0.39 is 12.0 Å². The summed E-state index contributed by atoms with van der Waals surface area (Å²) in [6.45, 7) is 2.82. The maximum Gasteiger partial charge on any atom is 0.320 e. The molecule has 0 aromatic rings. The van der Waals surface area contributed by atoms with Crippen LogP contribution < -0.4 is 11.1 Å². The number of nitrogens with one attached hydrogen (secondary N) is 1. The van der Waals surface area contributed by atoms with Crippen molar-refractivity contribution in [3.63, 3.8) is 0 Å². The van der Waals surface area contributed by atoms with Crippen molar-refractivity contribution in [2.75, 3.05) is 12.8 Å². The minimum atomic E-state index is -0.925. The summed E-state index contributed by atoms with van der Waals surface area (Å²) in [6, 6.07) is -0.729. The minimum absolute atomic E-state index is 0.213. The number of thioether (sulfide) groups is 1. The Morgan fingerprint density at radius 1 is 1.67 bits per heavy atom. The Labute approximate surface area is 101 Å². The van der Waals surface area contributed by atoms with Gasteiger partial charge >= 0.3 is 5.97 Å². The Bertz CT molecular complexity index is 201. The molecule has 0 spiro atoms. The molecule has 0 rings (SSSR count). The third-order valence-corrected chi connectivity index (χ3v) is 3.75. The van der Waals surface area contributed by atoms with Gasteiger partial charge < -0.3 is 10.8 Å². The number of nitrogens with two attached hydrogens (primary N) is 1. The number of aliphatic carboxylic acids is 1. The Hall–Kier alpha value is 0.0900. The van der Waals surface area contributed by atoms with Crippen molar-refractivity contribution in [2.24, 2.45) is 5.73 Å². The van der Waals surface area contributed by atoms with Crippen LogP contribution in [0.4, 0.5) is 0 Å². The molecule has 0 saturated heterocycles. The van der Waals surface area contributed by atoms with Crippen LogP contribution in [0.5, 0.6) is 0 Å². The molecule has 6 heteroatoms. The van der Waals surface area contributed by atoms with Crippen molar-refractivity contribution in [3.05, 3.63) is 0 Å². The minimum Gasteiger partial charge on any atom is -0.480 e. The fourth-order valence-corrected chi connectivity index (χ4v) is 1.36. The van der Waals surface area contributed by atoms with Gasteiger partial charge in [0.15, 0.2) is 0 Å². The van der Waals surface area contributed by atoms with E-state index in [4.69, 9.17) is 10.8 Å². The van der Waals surface area contributed by atoms with E-state index in [0.717, 1.165) is 19.4 Å². The summed E-state index contributed by atoms with van der Waals surface area (Å²) in [6.07, 6.45) is 4.25. The molecule has 0 aliphatic rings. The first-order chi connectivity index (χ1) is 6.89. The van der Waals surface area contributed by atoms with Gasteiger partial charge in [-0.3, -0.25) is 10.1 Å². The highest BCUT2D eigenvalue weighted by Gasteiger charge is 2.15. The van der Waals surface area contributed by atoms with Crippen molar-refractivity contribution in [1.29, 1.82) is 0 Å². The van der Waals surface area contributed by atoms with Gasteiger partial charge in [-0.25, -0.2) is 0 Å². The summed E-state index contributed by atoms with van der Waals surface area (Å²) >= 11 is 6.03. The first kappa shape index (κ1) is 15.1. The number of thiol groups is 1. The maximum atomic E-state index is 10.4. The molecular formula is C9H20N2O2S2. The molecule has 0 aromatic heterocycles. The van der Waals surface area contributed by atoms with Gasteiger partial charge in [0.05, 0.1) is 0 Å². The van der Waals surface area contributed by atoms with Crippen molar-refractivity contribution >= 4 is 30.4 Å². The van der Waals surface area contributed by atoms with Crippen LogP contribution in [0.1, 0.15) is 26.2 Å². The number of hydrogen-bond donors (Lipinski definition) is 4. The molecule has 0 bridgehead atoms. The van der Waals surface area contributed by atoms with E-state index in [-0.39, 0.29) is 4.20 Å². The van der Waals surface area contributed by atoms with Crippen LogP contribution in [0, 0.1) is 0 Å². The predicted octanol–water partition coefficient (Wildman–Crippen LogP) is 1.12. The van der Waals surface area contributed by atoms with E-state index in [0.29, 0.717) is 6.42 Å². The van der Waals surface area contributed by atoms with Gasteiger partial charge in [-0.15, -0.1) is 24.4 Å². The lowest BCUT2D eigenvalue weighted by Crippen LogP contribution is -2.34. The van der Waals surface area contributed by atoms with Crippen LogP contribution >= 0.6 is 24.4 Å². The van der Waals surface area contributed by atoms with Crippen molar-refractivity contribution < 1.29 is 9.90 Å². The van der Waals surface area contributed by atoms with Gasteiger partial charge in [0.25, 0.3) is 0 Å². The lowest BCUT2D eigenvalue weighted by molar-refractivity contribution is -0.138. The van der Waals surface area contributed by atoms with E-state index in [1.807, 2.05) is 13.2 Å². The number of carbonyl (C=O) groups is 1. The molecular weight excluding hydrogens is 232 g/mol. The average Bonchev–Trinajstić information content (AvgIpc) is 2.16. The second kappa shape index (κ2) is 7.38. The van der Waals surface area contributed by atoms with Gasteiger partial charge in [0.2, 0.25) is 0 Å². The fraction of sp³-hybridized carbons (Fsp3) is 0.889. The van der Waals surface area contributed by atoms with Gasteiger partial charge in [-0.1, -0.05) is 6.42 Å². The third-order valence-electron chi connectivity index (χ3n) is 2.11. The molecule has 4 N–H and O–H groups in total. The van der Waals surface area contributed by atoms with E-state index >= 15 is 0 Å². The normalized spacial score (nSPS) is 17.1. The SMILES string of the molecule is CSC(C)(S)NCCCCC(N)C(=O)O. The molecule has 0 aliphatic carbocycles. The Morgan fingerprint density at radius 2 is 2.27 bits per heavy atom. The molecule has 0 radical (unpaired) electrons. The Kier molecular flexibility index (Phi) is 7.42. The van der Waals surface area contributed by atoms with Gasteiger partial charge in [-0.05, 0) is 32.6 Å². The summed E-state index contributed by atoms with van der Waals surface area (Å²) in [4.78, 5) is 10.4. The standard InChI is InChI=1S/C9H20N2O2S2/c1-9(14,15-2)11-6-4-3-5-7(10)8(12)13/h7,11,14H,3-6,10H2,1-2H3,(H,12,13). The predicted molar refractivity (Wildman–Crippen MR) is 68.4 cm³/mol. The molecule has 2 atom stereocenters. The summed E-state index contributed by atoms with van der Waals surface area (Å²) in [5.74, 6) is -0.925. The van der Waals surface area contributed by atoms with E-state index in [1.54, 1.807) is 11.8 Å². The smallest absolute Gasteiger partial charge is 0.320 e. The van der Waals surface area contributed by atoms with Crippen LogP contribution in [0.3, 0.4) is 0 Å². The molecule has 0 amide bonds. The average molecular weight is 252 g/mol. The molecule has 0 saturated carbocycles. The topological polar surface area (TPSA) is 75.3 Å². The molecule has 0 aliphatic heterocycles. The number of rotatable bonds is 8. The Balaban J connectivity index is 3.44. The van der Waals surface area contributed by atoms with Crippen LogP contribution in [-0.2, 0) is 4.79 Å². The van der Waals surface area contributed by atoms with Crippen molar-refractivity contribution in [1.82, 2.24) is 5.32 Å². The largest absolute Gasteiger partial charge is 0.480 e. The number of unbranched alkanes of at least 4 members (excludes halogenated alkanes) is 1. The van der Waals surface area contributed by atoms with Crippen molar-refractivity contribution in [2.45, 2.75) is 36.4 Å². The summed E-state index contributed by atoms with van der Waals surface area (Å²) < 4.78 is -0.213. The van der Waals surface area contributed by atoms with E-state index in [9.17, 15) is 4.79 Å². The molecule has 0 heterocycles. The monoisotopic (exact) mass is 252 g/mol. The quantitative estimate of drug-likeness (QED) is 0.296. The molecule has 15 heavy (non-hydrogen) atoms. The Morgan fingerprint density at radius 3 is 2.73 bits per heavy atom. The molecule has 2 unspecified atom stereocenters. The highest BCUT2D eigenvalue weighted by atomic mass is 32.2. The van der Waals surface area contributed by atoms with Crippen LogP contribution in [0.25, 0.3) is 0 Å². The van der Waals surface area contributed by atoms with Crippen LogP contribution in [-0.4, -0.2) is 34.1 Å². The summed E-state index contributed by atoms with van der Waals surface area (Å²) in [7, 11) is 0. The van der Waals surface area contributed by atoms with E-state index in [2.05, 4.69) is 17.9 Å². The highest BCUT2D eigenvalue weighted by molar-refractivity contribution is 8.11. The highest BCUT2D eigenvalue weighted by Crippen LogP contribution is 2.22. The molecule has 0 aromatic carbocycles. The van der Waals surface area contributed by atoms with Gasteiger partial charge in [0.1, 0.15) is 10.2 Å². The zero-order chi connectivity index (χ0) is 11.9. The van der Waals surface area contributed by atoms with Crippen LogP contribution in [0.15, 0.2) is 0 Å². The fourth-order valence-electron chi connectivity index (χ4n) is 1.01. The lowest BCUT2D eigenvalue weighted by atomic mass is 10.1.